The molecule has 6 heteroatoms. The molecule has 136 valence electrons. The predicted octanol–water partition coefficient (Wildman–Crippen LogP) is 4.49. The Balaban J connectivity index is 1.84. The van der Waals surface area contributed by atoms with Crippen molar-refractivity contribution in [3.8, 4) is 0 Å². The lowest BCUT2D eigenvalue weighted by atomic mass is 10.1. The van der Waals surface area contributed by atoms with Crippen molar-refractivity contribution in [3.63, 3.8) is 0 Å². The summed E-state index contributed by atoms with van der Waals surface area (Å²) in [5.41, 5.74) is 3.45. The zero-order valence-electron chi connectivity index (χ0n) is 14.9. The molecule has 2 aromatic rings. The molecule has 1 unspecified atom stereocenters. The van der Waals surface area contributed by atoms with E-state index < -0.39 is 6.04 Å². The van der Waals surface area contributed by atoms with E-state index in [0.29, 0.717) is 28.7 Å². The average Bonchev–Trinajstić information content (AvgIpc) is 2.57. The Morgan fingerprint density at radius 3 is 2.46 bits per heavy atom. The third kappa shape index (κ3) is 3.44. The van der Waals surface area contributed by atoms with Crippen LogP contribution in [-0.2, 0) is 4.79 Å². The molecule has 1 fully saturated rings. The molecule has 0 radical (unpaired) electrons. The molecule has 0 aliphatic carbocycles. The Bertz CT molecular complexity index is 882. The van der Waals surface area contributed by atoms with Crippen LogP contribution in [0.3, 0.4) is 0 Å². The summed E-state index contributed by atoms with van der Waals surface area (Å²) in [5, 5.41) is 0.759. The Hall–Kier alpha value is -2.04. The van der Waals surface area contributed by atoms with Gasteiger partial charge in [-0.05, 0) is 50.6 Å². The van der Waals surface area contributed by atoms with Crippen molar-refractivity contribution in [3.05, 3.63) is 63.1 Å². The van der Waals surface area contributed by atoms with Crippen LogP contribution in [0.1, 0.15) is 28.4 Å². The maximum absolute atomic E-state index is 12.9. The third-order valence-electron chi connectivity index (χ3n) is 4.72. The summed E-state index contributed by atoms with van der Waals surface area (Å²) < 4.78 is 0. The molecule has 0 aromatic heterocycles. The lowest BCUT2D eigenvalue weighted by Gasteiger charge is -2.39. The minimum absolute atomic E-state index is 0.0957. The topological polar surface area (TPSA) is 40.6 Å². The van der Waals surface area contributed by atoms with Crippen LogP contribution in [0.15, 0.2) is 36.4 Å². The summed E-state index contributed by atoms with van der Waals surface area (Å²) in [6, 6.07) is 10.2. The van der Waals surface area contributed by atoms with Crippen LogP contribution < -0.4 is 4.90 Å². The fourth-order valence-electron chi connectivity index (χ4n) is 3.31. The number of carbonyl (C=O) groups is 2. The molecule has 0 saturated carbocycles. The van der Waals surface area contributed by atoms with Crippen molar-refractivity contribution in [1.29, 1.82) is 0 Å². The summed E-state index contributed by atoms with van der Waals surface area (Å²) in [6.07, 6.45) is 0. The van der Waals surface area contributed by atoms with Crippen molar-refractivity contribution in [1.82, 2.24) is 4.90 Å². The van der Waals surface area contributed by atoms with Gasteiger partial charge in [0, 0.05) is 23.8 Å². The summed E-state index contributed by atoms with van der Waals surface area (Å²) in [5.74, 6) is -0.352. The first-order valence-corrected chi connectivity index (χ1v) is 9.20. The molecule has 0 spiro atoms. The molecule has 2 amide bonds. The van der Waals surface area contributed by atoms with E-state index in [1.807, 2.05) is 26.0 Å². The van der Waals surface area contributed by atoms with Gasteiger partial charge >= 0.3 is 0 Å². The molecule has 1 heterocycles. The van der Waals surface area contributed by atoms with Gasteiger partial charge in [-0.3, -0.25) is 9.59 Å². The molecule has 1 aliphatic heterocycles. The minimum atomic E-state index is -0.566. The van der Waals surface area contributed by atoms with Gasteiger partial charge in [0.2, 0.25) is 5.91 Å². The van der Waals surface area contributed by atoms with Crippen LogP contribution in [-0.4, -0.2) is 35.8 Å². The van der Waals surface area contributed by atoms with Gasteiger partial charge in [0.15, 0.2) is 0 Å². The molecule has 1 atom stereocenters. The number of halogens is 2. The fourth-order valence-corrected chi connectivity index (χ4v) is 3.80. The minimum Gasteiger partial charge on any atom is -0.325 e. The summed E-state index contributed by atoms with van der Waals surface area (Å²) >= 11 is 12.1. The lowest BCUT2D eigenvalue weighted by Crippen LogP contribution is -2.58. The second-order valence-electron chi connectivity index (χ2n) is 6.58. The number of piperazine rings is 1. The van der Waals surface area contributed by atoms with Crippen LogP contribution in [0.25, 0.3) is 0 Å². The maximum Gasteiger partial charge on any atom is 0.256 e. The summed E-state index contributed by atoms with van der Waals surface area (Å²) in [6.45, 7) is 6.65. The van der Waals surface area contributed by atoms with Crippen LogP contribution in [0, 0.1) is 13.8 Å². The molecule has 3 rings (SSSR count). The predicted molar refractivity (Wildman–Crippen MR) is 105 cm³/mol. The highest BCUT2D eigenvalue weighted by molar-refractivity contribution is 6.36. The molecular formula is C20H20Cl2N2O2. The second kappa shape index (κ2) is 7.29. The fraction of sp³-hybridized carbons (Fsp3) is 0.300. The number of aryl methyl sites for hydroxylation is 2. The largest absolute Gasteiger partial charge is 0.325 e. The van der Waals surface area contributed by atoms with Crippen LogP contribution in [0.5, 0.6) is 0 Å². The average molecular weight is 391 g/mol. The number of rotatable bonds is 2. The summed E-state index contributed by atoms with van der Waals surface area (Å²) in [4.78, 5) is 29.1. The first-order chi connectivity index (χ1) is 12.3. The molecule has 0 bridgehead atoms. The van der Waals surface area contributed by atoms with Gasteiger partial charge in [-0.1, -0.05) is 40.9 Å². The van der Waals surface area contributed by atoms with Crippen molar-refractivity contribution in [2.24, 2.45) is 0 Å². The van der Waals surface area contributed by atoms with E-state index >= 15 is 0 Å². The molecule has 1 saturated heterocycles. The highest BCUT2D eigenvalue weighted by Gasteiger charge is 2.36. The molecule has 26 heavy (non-hydrogen) atoms. The van der Waals surface area contributed by atoms with Gasteiger partial charge in [-0.15, -0.1) is 0 Å². The SMILES string of the molecule is Cc1ccc(N2CCN(C(=O)c3ccc(Cl)cc3Cl)C(C)C2=O)c(C)c1. The Morgan fingerprint density at radius 1 is 1.08 bits per heavy atom. The number of hydrogen-bond donors (Lipinski definition) is 0. The van der Waals surface area contributed by atoms with Crippen molar-refractivity contribution >= 4 is 40.7 Å². The molecule has 1 aliphatic rings. The van der Waals surface area contributed by atoms with Gasteiger partial charge in [-0.2, -0.15) is 0 Å². The molecule has 0 N–H and O–H groups in total. The van der Waals surface area contributed by atoms with E-state index in [1.165, 1.54) is 6.07 Å². The standard InChI is InChI=1S/C20H20Cl2N2O2/c1-12-4-7-18(13(2)10-12)24-9-8-23(14(3)19(24)25)20(26)16-6-5-15(21)11-17(16)22/h4-7,10-11,14H,8-9H2,1-3H3. The maximum atomic E-state index is 12.9. The Kier molecular flexibility index (Phi) is 5.26. The zero-order valence-corrected chi connectivity index (χ0v) is 16.4. The van der Waals surface area contributed by atoms with E-state index in [9.17, 15) is 9.59 Å². The summed E-state index contributed by atoms with van der Waals surface area (Å²) in [7, 11) is 0. The van der Waals surface area contributed by atoms with Gasteiger partial charge < -0.3 is 9.80 Å². The van der Waals surface area contributed by atoms with Crippen LogP contribution in [0.2, 0.25) is 10.0 Å². The molecular weight excluding hydrogens is 371 g/mol. The highest BCUT2D eigenvalue weighted by Crippen LogP contribution is 2.27. The number of benzene rings is 2. The molecule has 4 nitrogen and oxygen atoms in total. The number of nitrogens with zero attached hydrogens (tertiary/aromatic N) is 2. The van der Waals surface area contributed by atoms with E-state index in [2.05, 4.69) is 6.07 Å². The van der Waals surface area contributed by atoms with Gasteiger partial charge in [-0.25, -0.2) is 0 Å². The second-order valence-corrected chi connectivity index (χ2v) is 7.42. The monoisotopic (exact) mass is 390 g/mol. The van der Waals surface area contributed by atoms with Crippen LogP contribution in [0.4, 0.5) is 5.69 Å². The number of anilines is 1. The van der Waals surface area contributed by atoms with Gasteiger partial charge in [0.1, 0.15) is 6.04 Å². The van der Waals surface area contributed by atoms with Crippen molar-refractivity contribution in [2.75, 3.05) is 18.0 Å². The van der Waals surface area contributed by atoms with Gasteiger partial charge in [0.25, 0.3) is 5.91 Å². The normalized spacial score (nSPS) is 17.6. The highest BCUT2D eigenvalue weighted by atomic mass is 35.5. The first-order valence-electron chi connectivity index (χ1n) is 8.44. The number of amides is 2. The quantitative estimate of drug-likeness (QED) is 0.757. The van der Waals surface area contributed by atoms with E-state index in [-0.39, 0.29) is 11.8 Å². The third-order valence-corrected chi connectivity index (χ3v) is 5.27. The van der Waals surface area contributed by atoms with Crippen molar-refractivity contribution < 1.29 is 9.59 Å². The number of hydrogen-bond acceptors (Lipinski definition) is 2. The van der Waals surface area contributed by atoms with Gasteiger partial charge in [0.05, 0.1) is 10.6 Å². The van der Waals surface area contributed by atoms with E-state index in [4.69, 9.17) is 23.2 Å². The van der Waals surface area contributed by atoms with E-state index in [1.54, 1.807) is 28.9 Å². The first kappa shape index (κ1) is 18.7. The number of carbonyl (C=O) groups excluding carboxylic acids is 2. The van der Waals surface area contributed by atoms with E-state index in [0.717, 1.165) is 16.8 Å². The Labute approximate surface area is 163 Å². The van der Waals surface area contributed by atoms with Crippen LogP contribution >= 0.6 is 23.2 Å². The Morgan fingerprint density at radius 2 is 1.81 bits per heavy atom. The lowest BCUT2D eigenvalue weighted by molar-refractivity contribution is -0.124. The molecule has 2 aromatic carbocycles. The zero-order chi connectivity index (χ0) is 19.0. The van der Waals surface area contributed by atoms with Crippen molar-refractivity contribution in [2.45, 2.75) is 26.8 Å². The smallest absolute Gasteiger partial charge is 0.256 e.